The van der Waals surface area contributed by atoms with E-state index in [0.29, 0.717) is 0 Å². The second-order valence-corrected chi connectivity index (χ2v) is 2.15. The van der Waals surface area contributed by atoms with Gasteiger partial charge in [0.05, 0.1) is 12.1 Å². The van der Waals surface area contributed by atoms with Gasteiger partial charge in [0.2, 0.25) is 0 Å². The third-order valence-electron chi connectivity index (χ3n) is 1.08. The second-order valence-electron chi connectivity index (χ2n) is 2.15. The summed E-state index contributed by atoms with van der Waals surface area (Å²) in [5.41, 5.74) is 10.9. The lowest BCUT2D eigenvalue weighted by molar-refractivity contribution is 1.05. The zero-order chi connectivity index (χ0) is 10.1. The third kappa shape index (κ3) is 6.36. The summed E-state index contributed by atoms with van der Waals surface area (Å²) in [6.07, 6.45) is 0. The number of hydrogen-bond donors (Lipinski definition) is 2. The van der Waals surface area contributed by atoms with Crippen LogP contribution in [0.25, 0.3) is 0 Å². The topological polar surface area (TPSA) is 99.6 Å². The van der Waals surface area contributed by atoms with Crippen molar-refractivity contribution in [2.24, 2.45) is 5.73 Å². The van der Waals surface area contributed by atoms with Crippen LogP contribution >= 0.6 is 0 Å². The fourth-order valence-electron chi connectivity index (χ4n) is 0.482. The van der Waals surface area contributed by atoms with Crippen LogP contribution in [0.2, 0.25) is 0 Å². The predicted octanol–water partition coefficient (Wildman–Crippen LogP) is 0.630. The van der Waals surface area contributed by atoms with Crippen LogP contribution in [0.1, 0.15) is 0 Å². The molecule has 0 spiro atoms. The molecule has 0 heterocycles. The summed E-state index contributed by atoms with van der Waals surface area (Å²) >= 11 is 0. The van der Waals surface area contributed by atoms with Gasteiger partial charge in [0.1, 0.15) is 0 Å². The Hall–Kier alpha value is -2.04. The molecule has 0 unspecified atom stereocenters. The number of nitrogen functional groups attached to an aromatic ring is 1. The number of rotatable bonds is 0. The van der Waals surface area contributed by atoms with Gasteiger partial charge in [-0.1, -0.05) is 18.2 Å². The van der Waals surface area contributed by atoms with Crippen LogP contribution in [0.5, 0.6) is 0 Å². The molecule has 1 aromatic carbocycles. The van der Waals surface area contributed by atoms with Gasteiger partial charge in [0.15, 0.2) is 6.04 Å². The fraction of sp³-hybridized carbons (Fsp3) is 0.111. The molecule has 1 aromatic rings. The van der Waals surface area contributed by atoms with Gasteiger partial charge in [0, 0.05) is 5.69 Å². The number of nitriles is 2. The van der Waals surface area contributed by atoms with Gasteiger partial charge in [-0.25, -0.2) is 0 Å². The number of para-hydroxylation sites is 1. The van der Waals surface area contributed by atoms with E-state index in [0.717, 1.165) is 5.69 Å². The molecule has 0 radical (unpaired) electrons. The lowest BCUT2D eigenvalue weighted by Gasteiger charge is -1.83. The van der Waals surface area contributed by atoms with Crippen molar-refractivity contribution in [3.8, 4) is 12.1 Å². The Morgan fingerprint density at radius 3 is 1.69 bits per heavy atom. The molecular formula is C9H10N4. The van der Waals surface area contributed by atoms with Gasteiger partial charge < -0.3 is 11.5 Å². The minimum Gasteiger partial charge on any atom is -0.399 e. The summed E-state index contributed by atoms with van der Waals surface area (Å²) in [6.45, 7) is 0. The van der Waals surface area contributed by atoms with E-state index >= 15 is 0 Å². The van der Waals surface area contributed by atoms with Crippen molar-refractivity contribution in [3.63, 3.8) is 0 Å². The highest BCUT2D eigenvalue weighted by Gasteiger charge is 1.88. The minimum absolute atomic E-state index is 0.822. The molecule has 13 heavy (non-hydrogen) atoms. The molecule has 0 saturated heterocycles. The summed E-state index contributed by atoms with van der Waals surface area (Å²) in [4.78, 5) is 0. The van der Waals surface area contributed by atoms with Crippen LogP contribution in [0.4, 0.5) is 5.69 Å². The van der Waals surface area contributed by atoms with E-state index in [1.807, 2.05) is 30.3 Å². The molecule has 0 fully saturated rings. The fourth-order valence-corrected chi connectivity index (χ4v) is 0.482. The molecule has 4 N–H and O–H groups in total. The molecule has 4 nitrogen and oxygen atoms in total. The summed E-state index contributed by atoms with van der Waals surface area (Å²) in [7, 11) is 0. The highest BCUT2D eigenvalue weighted by atomic mass is 14.6. The highest BCUT2D eigenvalue weighted by molar-refractivity contribution is 5.35. The van der Waals surface area contributed by atoms with Crippen LogP contribution in [0, 0.1) is 22.7 Å². The molecule has 0 aliphatic carbocycles. The van der Waals surface area contributed by atoms with Gasteiger partial charge in [0.25, 0.3) is 0 Å². The maximum absolute atomic E-state index is 7.74. The average molecular weight is 174 g/mol. The Kier molecular flexibility index (Phi) is 5.61. The number of hydrogen-bond acceptors (Lipinski definition) is 4. The largest absolute Gasteiger partial charge is 0.399 e. The summed E-state index contributed by atoms with van der Waals surface area (Å²) in [5.74, 6) is 0. The molecule has 0 amide bonds. The first-order valence-electron chi connectivity index (χ1n) is 3.56. The first-order valence-corrected chi connectivity index (χ1v) is 3.56. The van der Waals surface area contributed by atoms with Gasteiger partial charge in [-0.2, -0.15) is 10.5 Å². The normalized spacial score (nSPS) is 7.69. The van der Waals surface area contributed by atoms with Crippen molar-refractivity contribution in [2.45, 2.75) is 6.04 Å². The van der Waals surface area contributed by atoms with E-state index in [1.165, 1.54) is 12.1 Å². The molecule has 66 valence electrons. The zero-order valence-electron chi connectivity index (χ0n) is 7.01. The van der Waals surface area contributed by atoms with Crippen molar-refractivity contribution >= 4 is 5.69 Å². The quantitative estimate of drug-likeness (QED) is 0.563. The van der Waals surface area contributed by atoms with Crippen molar-refractivity contribution in [1.29, 1.82) is 10.5 Å². The number of nitrogens with zero attached hydrogens (tertiary/aromatic N) is 2. The van der Waals surface area contributed by atoms with Crippen molar-refractivity contribution in [2.75, 3.05) is 5.73 Å². The third-order valence-corrected chi connectivity index (χ3v) is 1.08. The van der Waals surface area contributed by atoms with Gasteiger partial charge in [-0.15, -0.1) is 0 Å². The molecule has 0 bridgehead atoms. The first-order chi connectivity index (χ1) is 6.20. The number of benzene rings is 1. The molecule has 4 heteroatoms. The lowest BCUT2D eigenvalue weighted by atomic mass is 10.3. The predicted molar refractivity (Wildman–Crippen MR) is 50.1 cm³/mol. The number of anilines is 1. The molecule has 0 aliphatic heterocycles. The van der Waals surface area contributed by atoms with Crippen molar-refractivity contribution in [3.05, 3.63) is 30.3 Å². The van der Waals surface area contributed by atoms with E-state index in [-0.39, 0.29) is 0 Å². The summed E-state index contributed by atoms with van der Waals surface area (Å²) in [5, 5.41) is 15.5. The standard InChI is InChI=1S/C6H7N.C3H3N3/c7-6-4-2-1-3-5-6;4-1-3(6)2-5/h1-5H,7H2;3H,6H2. The van der Waals surface area contributed by atoms with Crippen LogP contribution < -0.4 is 11.5 Å². The van der Waals surface area contributed by atoms with Crippen LogP contribution in [0.15, 0.2) is 30.3 Å². The van der Waals surface area contributed by atoms with Gasteiger partial charge >= 0.3 is 0 Å². The minimum atomic E-state index is -0.954. The summed E-state index contributed by atoms with van der Waals surface area (Å²) < 4.78 is 0. The molecule has 0 saturated carbocycles. The monoisotopic (exact) mass is 174 g/mol. The SMILES string of the molecule is N#CC(N)C#N.Nc1ccccc1. The summed E-state index contributed by atoms with van der Waals surface area (Å²) in [6, 6.07) is 11.6. The van der Waals surface area contributed by atoms with Crippen molar-refractivity contribution in [1.82, 2.24) is 0 Å². The second kappa shape index (κ2) is 6.66. The maximum atomic E-state index is 7.74. The van der Waals surface area contributed by atoms with Gasteiger partial charge in [-0.3, -0.25) is 0 Å². The molecule has 0 atom stereocenters. The van der Waals surface area contributed by atoms with E-state index in [2.05, 4.69) is 0 Å². The van der Waals surface area contributed by atoms with Gasteiger partial charge in [-0.05, 0) is 12.1 Å². The average Bonchev–Trinajstić information content (AvgIpc) is 2.19. The molecule has 1 rings (SSSR count). The Bertz CT molecular complexity index is 293. The lowest BCUT2D eigenvalue weighted by Crippen LogP contribution is -2.12. The Morgan fingerprint density at radius 1 is 1.08 bits per heavy atom. The van der Waals surface area contributed by atoms with E-state index in [9.17, 15) is 0 Å². The van der Waals surface area contributed by atoms with Crippen molar-refractivity contribution < 1.29 is 0 Å². The van der Waals surface area contributed by atoms with E-state index in [4.69, 9.17) is 22.0 Å². The molecule has 0 aliphatic rings. The molecule has 0 aromatic heterocycles. The highest BCUT2D eigenvalue weighted by Crippen LogP contribution is 1.95. The Balaban J connectivity index is 0.000000226. The zero-order valence-corrected chi connectivity index (χ0v) is 7.01. The van der Waals surface area contributed by atoms with Crippen LogP contribution in [-0.2, 0) is 0 Å². The Labute approximate surface area is 77.0 Å². The van der Waals surface area contributed by atoms with E-state index < -0.39 is 6.04 Å². The smallest absolute Gasteiger partial charge is 0.181 e. The first kappa shape index (κ1) is 11.0. The Morgan fingerprint density at radius 2 is 1.54 bits per heavy atom. The molecular weight excluding hydrogens is 164 g/mol. The van der Waals surface area contributed by atoms with Crippen LogP contribution in [0.3, 0.4) is 0 Å². The maximum Gasteiger partial charge on any atom is 0.181 e. The van der Waals surface area contributed by atoms with E-state index in [1.54, 1.807) is 0 Å². The van der Waals surface area contributed by atoms with Crippen LogP contribution in [-0.4, -0.2) is 6.04 Å². The number of nitrogens with two attached hydrogens (primary N) is 2.